The standard InChI is InChI=1S/C15H14N2OS/c16-9-14-13(7-4-8-15(14)17)11-19(18)10-12-5-2-1-3-6-12/h1-8H,10-11,17H2. The first kappa shape index (κ1) is 13.3. The van der Waals surface area contributed by atoms with Crippen LogP contribution in [0.15, 0.2) is 48.5 Å². The van der Waals surface area contributed by atoms with Gasteiger partial charge < -0.3 is 5.73 Å². The zero-order valence-electron chi connectivity index (χ0n) is 10.4. The normalized spacial score (nSPS) is 11.7. The van der Waals surface area contributed by atoms with Crippen molar-refractivity contribution < 1.29 is 4.21 Å². The Hall–Kier alpha value is -2.12. The number of nitrogen functional groups attached to an aromatic ring is 1. The number of nitrogens with zero attached hydrogens (tertiary/aromatic N) is 1. The van der Waals surface area contributed by atoms with Crippen LogP contribution in [0.25, 0.3) is 0 Å². The second-order valence-corrected chi connectivity index (χ2v) is 5.66. The second kappa shape index (κ2) is 6.17. The summed E-state index contributed by atoms with van der Waals surface area (Å²) in [7, 11) is -1.05. The molecule has 0 saturated carbocycles. The van der Waals surface area contributed by atoms with Crippen LogP contribution in [-0.2, 0) is 22.3 Å². The molecule has 0 aromatic heterocycles. The quantitative estimate of drug-likeness (QED) is 0.868. The summed E-state index contributed by atoms with van der Waals surface area (Å²) in [5, 5.41) is 9.07. The Bertz CT molecular complexity index is 632. The maximum atomic E-state index is 12.1. The van der Waals surface area contributed by atoms with Gasteiger partial charge in [-0.05, 0) is 17.2 Å². The van der Waals surface area contributed by atoms with Crippen molar-refractivity contribution in [2.75, 3.05) is 5.73 Å². The molecule has 1 atom stereocenters. The van der Waals surface area contributed by atoms with E-state index in [2.05, 4.69) is 6.07 Å². The summed E-state index contributed by atoms with van der Waals surface area (Å²) in [6, 6.07) is 17.0. The van der Waals surface area contributed by atoms with E-state index in [1.807, 2.05) is 30.3 Å². The van der Waals surface area contributed by atoms with Crippen molar-refractivity contribution in [1.82, 2.24) is 0 Å². The van der Waals surface area contributed by atoms with E-state index in [4.69, 9.17) is 11.0 Å². The van der Waals surface area contributed by atoms with Crippen LogP contribution in [0.2, 0.25) is 0 Å². The lowest BCUT2D eigenvalue weighted by molar-refractivity contribution is 0.682. The molecule has 2 rings (SSSR count). The van der Waals surface area contributed by atoms with E-state index in [1.165, 1.54) is 0 Å². The number of benzene rings is 2. The Morgan fingerprint density at radius 3 is 2.47 bits per heavy atom. The number of nitrogens with two attached hydrogens (primary N) is 1. The first-order valence-corrected chi connectivity index (χ1v) is 7.36. The van der Waals surface area contributed by atoms with E-state index >= 15 is 0 Å². The van der Waals surface area contributed by atoms with Gasteiger partial charge in [-0.1, -0.05) is 42.5 Å². The van der Waals surface area contributed by atoms with Gasteiger partial charge in [-0.25, -0.2) is 0 Å². The minimum atomic E-state index is -1.05. The highest BCUT2D eigenvalue weighted by Gasteiger charge is 2.09. The van der Waals surface area contributed by atoms with E-state index in [0.717, 1.165) is 11.1 Å². The Balaban J connectivity index is 2.12. The molecule has 3 nitrogen and oxygen atoms in total. The van der Waals surface area contributed by atoms with Gasteiger partial charge >= 0.3 is 0 Å². The maximum absolute atomic E-state index is 12.1. The fraction of sp³-hybridized carbons (Fsp3) is 0.133. The van der Waals surface area contributed by atoms with Gasteiger partial charge in [-0.3, -0.25) is 4.21 Å². The molecular formula is C15H14N2OS. The van der Waals surface area contributed by atoms with E-state index in [-0.39, 0.29) is 0 Å². The topological polar surface area (TPSA) is 66.9 Å². The fourth-order valence-corrected chi connectivity index (χ4v) is 3.11. The number of nitriles is 1. The van der Waals surface area contributed by atoms with Crippen LogP contribution < -0.4 is 5.73 Å². The Labute approximate surface area is 115 Å². The first-order valence-electron chi connectivity index (χ1n) is 5.87. The largest absolute Gasteiger partial charge is 0.398 e. The van der Waals surface area contributed by atoms with Gasteiger partial charge in [0.05, 0.1) is 11.3 Å². The molecule has 0 spiro atoms. The van der Waals surface area contributed by atoms with Crippen molar-refractivity contribution in [3.05, 3.63) is 65.2 Å². The van der Waals surface area contributed by atoms with Crippen molar-refractivity contribution in [1.29, 1.82) is 5.26 Å². The lowest BCUT2D eigenvalue weighted by atomic mass is 10.1. The van der Waals surface area contributed by atoms with Crippen molar-refractivity contribution in [3.8, 4) is 6.07 Å². The van der Waals surface area contributed by atoms with E-state index in [9.17, 15) is 4.21 Å². The highest BCUT2D eigenvalue weighted by Crippen LogP contribution is 2.18. The first-order chi connectivity index (χ1) is 9.20. The van der Waals surface area contributed by atoms with Gasteiger partial charge in [-0.15, -0.1) is 0 Å². The molecule has 0 amide bonds. The van der Waals surface area contributed by atoms with E-state index in [1.54, 1.807) is 18.2 Å². The summed E-state index contributed by atoms with van der Waals surface area (Å²) < 4.78 is 12.1. The highest BCUT2D eigenvalue weighted by molar-refractivity contribution is 7.83. The number of hydrogen-bond acceptors (Lipinski definition) is 3. The summed E-state index contributed by atoms with van der Waals surface area (Å²) in [6.45, 7) is 0. The van der Waals surface area contributed by atoms with Gasteiger partial charge in [0.15, 0.2) is 0 Å². The van der Waals surface area contributed by atoms with Crippen LogP contribution in [0.1, 0.15) is 16.7 Å². The molecule has 0 aliphatic rings. The Morgan fingerprint density at radius 2 is 1.79 bits per heavy atom. The fourth-order valence-electron chi connectivity index (χ4n) is 1.86. The molecule has 2 aromatic carbocycles. The maximum Gasteiger partial charge on any atom is 0.102 e. The molecule has 2 N–H and O–H groups in total. The zero-order chi connectivity index (χ0) is 13.7. The minimum Gasteiger partial charge on any atom is -0.398 e. The molecular weight excluding hydrogens is 256 g/mol. The molecule has 4 heteroatoms. The molecule has 0 radical (unpaired) electrons. The molecule has 96 valence electrons. The third-order valence-corrected chi connectivity index (χ3v) is 4.07. The van der Waals surface area contributed by atoms with Gasteiger partial charge in [0.25, 0.3) is 0 Å². The second-order valence-electron chi connectivity index (χ2n) is 4.21. The molecule has 0 aliphatic heterocycles. The number of rotatable bonds is 4. The van der Waals surface area contributed by atoms with Crippen LogP contribution in [0.5, 0.6) is 0 Å². The van der Waals surface area contributed by atoms with Crippen LogP contribution in [0, 0.1) is 11.3 Å². The third-order valence-electron chi connectivity index (χ3n) is 2.78. The van der Waals surface area contributed by atoms with Crippen LogP contribution in [-0.4, -0.2) is 4.21 Å². The molecule has 1 unspecified atom stereocenters. The summed E-state index contributed by atoms with van der Waals surface area (Å²) in [6.07, 6.45) is 0. The van der Waals surface area contributed by atoms with Crippen LogP contribution in [0.4, 0.5) is 5.69 Å². The van der Waals surface area contributed by atoms with Gasteiger partial charge in [-0.2, -0.15) is 5.26 Å². The summed E-state index contributed by atoms with van der Waals surface area (Å²) in [5.74, 6) is 0.837. The minimum absolute atomic E-state index is 0.350. The molecule has 0 bridgehead atoms. The molecule has 0 aliphatic carbocycles. The molecule has 0 saturated heterocycles. The van der Waals surface area contributed by atoms with Crippen molar-refractivity contribution in [2.24, 2.45) is 0 Å². The summed E-state index contributed by atoms with van der Waals surface area (Å²) >= 11 is 0. The monoisotopic (exact) mass is 270 g/mol. The molecule has 0 heterocycles. The predicted octanol–water partition coefficient (Wildman–Crippen LogP) is 2.59. The summed E-state index contributed by atoms with van der Waals surface area (Å²) in [5.41, 5.74) is 8.39. The summed E-state index contributed by atoms with van der Waals surface area (Å²) in [4.78, 5) is 0. The number of anilines is 1. The van der Waals surface area contributed by atoms with Crippen molar-refractivity contribution in [2.45, 2.75) is 11.5 Å². The van der Waals surface area contributed by atoms with Gasteiger partial charge in [0, 0.05) is 22.2 Å². The number of hydrogen-bond donors (Lipinski definition) is 1. The van der Waals surface area contributed by atoms with Crippen molar-refractivity contribution in [3.63, 3.8) is 0 Å². The molecule has 19 heavy (non-hydrogen) atoms. The van der Waals surface area contributed by atoms with E-state index in [0.29, 0.717) is 22.8 Å². The zero-order valence-corrected chi connectivity index (χ0v) is 11.2. The molecule has 0 fully saturated rings. The Morgan fingerprint density at radius 1 is 1.05 bits per heavy atom. The van der Waals surface area contributed by atoms with Gasteiger partial charge in [0.1, 0.15) is 6.07 Å². The average Bonchev–Trinajstić information content (AvgIpc) is 2.40. The molecule has 2 aromatic rings. The third kappa shape index (κ3) is 3.43. The Kier molecular flexibility index (Phi) is 4.32. The van der Waals surface area contributed by atoms with Crippen molar-refractivity contribution >= 4 is 16.5 Å². The predicted molar refractivity (Wildman–Crippen MR) is 77.6 cm³/mol. The van der Waals surface area contributed by atoms with Crippen LogP contribution >= 0.6 is 0 Å². The smallest absolute Gasteiger partial charge is 0.102 e. The lowest BCUT2D eigenvalue weighted by Gasteiger charge is -2.06. The van der Waals surface area contributed by atoms with Gasteiger partial charge in [0.2, 0.25) is 0 Å². The van der Waals surface area contributed by atoms with E-state index < -0.39 is 10.8 Å². The van der Waals surface area contributed by atoms with Crippen LogP contribution in [0.3, 0.4) is 0 Å². The average molecular weight is 270 g/mol. The lowest BCUT2D eigenvalue weighted by Crippen LogP contribution is -2.03. The highest BCUT2D eigenvalue weighted by atomic mass is 32.2. The SMILES string of the molecule is N#Cc1c(N)cccc1CS(=O)Cc1ccccc1.